The van der Waals surface area contributed by atoms with Crippen LogP contribution >= 0.6 is 0 Å². The van der Waals surface area contributed by atoms with Crippen molar-refractivity contribution >= 4 is 10.0 Å². The van der Waals surface area contributed by atoms with E-state index in [0.29, 0.717) is 12.1 Å². The second-order valence-corrected chi connectivity index (χ2v) is 5.32. The number of alkyl halides is 2. The Hall–Kier alpha value is -1.10. The first-order valence-corrected chi connectivity index (χ1v) is 6.98. The molecule has 1 rings (SSSR count). The van der Waals surface area contributed by atoms with Crippen molar-refractivity contribution in [2.24, 2.45) is 0 Å². The van der Waals surface area contributed by atoms with Crippen LogP contribution < -0.4 is 10.0 Å². The molecule has 110 valence electrons. The standard InChI is InChI=1S/C9H16F2N4O3S/c1-12-4-7-5-13-15-9(7)19(16,17)14-2-3-18-6-8(10)11/h5,8,12,14H,2-4,6H2,1H3,(H,13,15). The molecule has 0 aliphatic carbocycles. The molecule has 3 N–H and O–H groups in total. The van der Waals surface area contributed by atoms with E-state index < -0.39 is 23.1 Å². The number of nitrogens with zero attached hydrogens (tertiary/aromatic N) is 1. The van der Waals surface area contributed by atoms with Crippen LogP contribution in [-0.2, 0) is 21.3 Å². The topological polar surface area (TPSA) is 96.1 Å². The van der Waals surface area contributed by atoms with Crippen LogP contribution in [0.5, 0.6) is 0 Å². The van der Waals surface area contributed by atoms with Gasteiger partial charge in [-0.05, 0) is 7.05 Å². The van der Waals surface area contributed by atoms with Crippen molar-refractivity contribution in [3.63, 3.8) is 0 Å². The molecule has 19 heavy (non-hydrogen) atoms. The lowest BCUT2D eigenvalue weighted by atomic mass is 10.4. The number of hydrogen-bond acceptors (Lipinski definition) is 5. The Kier molecular flexibility index (Phi) is 6.28. The van der Waals surface area contributed by atoms with E-state index in [2.05, 4.69) is 25.0 Å². The fraction of sp³-hybridized carbons (Fsp3) is 0.667. The van der Waals surface area contributed by atoms with Gasteiger partial charge in [-0.25, -0.2) is 21.9 Å². The zero-order chi connectivity index (χ0) is 14.3. The van der Waals surface area contributed by atoms with Crippen LogP contribution in [0, 0.1) is 0 Å². The van der Waals surface area contributed by atoms with Gasteiger partial charge in [0.25, 0.3) is 16.4 Å². The van der Waals surface area contributed by atoms with Crippen molar-refractivity contribution in [3.05, 3.63) is 11.8 Å². The lowest BCUT2D eigenvalue weighted by Crippen LogP contribution is -2.29. The number of ether oxygens (including phenoxy) is 1. The van der Waals surface area contributed by atoms with Crippen molar-refractivity contribution < 1.29 is 21.9 Å². The van der Waals surface area contributed by atoms with Crippen molar-refractivity contribution in [3.8, 4) is 0 Å². The third-order valence-electron chi connectivity index (χ3n) is 2.10. The van der Waals surface area contributed by atoms with E-state index >= 15 is 0 Å². The predicted molar refractivity (Wildman–Crippen MR) is 63.4 cm³/mol. The fourth-order valence-corrected chi connectivity index (χ4v) is 2.48. The van der Waals surface area contributed by atoms with Gasteiger partial charge in [0.15, 0.2) is 5.03 Å². The van der Waals surface area contributed by atoms with E-state index in [1.807, 2.05) is 0 Å². The highest BCUT2D eigenvalue weighted by Crippen LogP contribution is 2.10. The third-order valence-corrected chi connectivity index (χ3v) is 3.57. The second-order valence-electron chi connectivity index (χ2n) is 3.62. The molecule has 0 saturated carbocycles. The normalized spacial score (nSPS) is 12.2. The molecule has 0 aliphatic heterocycles. The van der Waals surface area contributed by atoms with Gasteiger partial charge in [0.05, 0.1) is 12.8 Å². The molecule has 10 heteroatoms. The molecular formula is C9H16F2N4O3S. The number of aromatic amines is 1. The van der Waals surface area contributed by atoms with Gasteiger partial charge in [-0.15, -0.1) is 0 Å². The first-order valence-electron chi connectivity index (χ1n) is 5.49. The Morgan fingerprint density at radius 1 is 1.53 bits per heavy atom. The summed E-state index contributed by atoms with van der Waals surface area (Å²) >= 11 is 0. The lowest BCUT2D eigenvalue weighted by molar-refractivity contribution is 0.0199. The maximum absolute atomic E-state index is 11.9. The average Bonchev–Trinajstić information content (AvgIpc) is 2.77. The molecule has 0 radical (unpaired) electrons. The number of sulfonamides is 1. The monoisotopic (exact) mass is 298 g/mol. The first kappa shape index (κ1) is 16.0. The van der Waals surface area contributed by atoms with Crippen LogP contribution in [0.25, 0.3) is 0 Å². The minimum Gasteiger partial charge on any atom is -0.374 e. The Labute approximate surface area is 109 Å². The summed E-state index contributed by atoms with van der Waals surface area (Å²) in [5.74, 6) is 0. The minimum absolute atomic E-state index is 0.0456. The van der Waals surface area contributed by atoms with Crippen LogP contribution in [0.1, 0.15) is 5.56 Å². The second kappa shape index (κ2) is 7.48. The summed E-state index contributed by atoms with van der Waals surface area (Å²) in [4.78, 5) is 0. The average molecular weight is 298 g/mol. The van der Waals surface area contributed by atoms with Crippen molar-refractivity contribution in [2.75, 3.05) is 26.8 Å². The van der Waals surface area contributed by atoms with Crippen LogP contribution in [0.2, 0.25) is 0 Å². The molecule has 1 heterocycles. The lowest BCUT2D eigenvalue weighted by Gasteiger charge is -2.07. The molecule has 1 aromatic rings. The molecule has 0 atom stereocenters. The third kappa shape index (κ3) is 5.19. The first-order chi connectivity index (χ1) is 8.97. The van der Waals surface area contributed by atoms with Crippen molar-refractivity contribution in [2.45, 2.75) is 18.0 Å². The summed E-state index contributed by atoms with van der Waals surface area (Å²) in [6.45, 7) is -0.586. The van der Waals surface area contributed by atoms with Gasteiger partial charge in [-0.2, -0.15) is 5.10 Å². The van der Waals surface area contributed by atoms with Crippen LogP contribution in [0.3, 0.4) is 0 Å². The summed E-state index contributed by atoms with van der Waals surface area (Å²) in [6.07, 6.45) is -1.16. The highest BCUT2D eigenvalue weighted by Gasteiger charge is 2.19. The minimum atomic E-state index is -3.75. The van der Waals surface area contributed by atoms with Crippen molar-refractivity contribution in [1.82, 2.24) is 20.2 Å². The van der Waals surface area contributed by atoms with E-state index in [0.717, 1.165) is 0 Å². The van der Waals surface area contributed by atoms with E-state index in [9.17, 15) is 17.2 Å². The van der Waals surface area contributed by atoms with Crippen LogP contribution in [0.15, 0.2) is 11.2 Å². The van der Waals surface area contributed by atoms with E-state index in [4.69, 9.17) is 0 Å². The zero-order valence-corrected chi connectivity index (χ0v) is 11.1. The largest absolute Gasteiger partial charge is 0.374 e. The molecule has 0 spiro atoms. The Bertz CT molecular complexity index is 478. The van der Waals surface area contributed by atoms with Gasteiger partial charge in [0, 0.05) is 18.7 Å². The Morgan fingerprint density at radius 2 is 2.26 bits per heavy atom. The molecule has 0 amide bonds. The molecule has 0 aromatic carbocycles. The Balaban J connectivity index is 2.49. The van der Waals surface area contributed by atoms with Crippen molar-refractivity contribution in [1.29, 1.82) is 0 Å². The molecule has 0 unspecified atom stereocenters. The van der Waals surface area contributed by atoms with Gasteiger partial charge in [0.1, 0.15) is 6.61 Å². The summed E-state index contributed by atoms with van der Waals surface area (Å²) in [6, 6.07) is 0. The van der Waals surface area contributed by atoms with Gasteiger partial charge in [-0.1, -0.05) is 0 Å². The Morgan fingerprint density at radius 3 is 2.89 bits per heavy atom. The molecule has 7 nitrogen and oxygen atoms in total. The number of nitrogens with one attached hydrogen (secondary N) is 3. The van der Waals surface area contributed by atoms with E-state index in [1.165, 1.54) is 6.20 Å². The molecule has 0 bridgehead atoms. The summed E-state index contributed by atoms with van der Waals surface area (Å²) < 4.78 is 54.1. The van der Waals surface area contributed by atoms with Gasteiger partial charge in [0.2, 0.25) is 0 Å². The maximum Gasteiger partial charge on any atom is 0.261 e. The molecule has 1 aromatic heterocycles. The van der Waals surface area contributed by atoms with Crippen LogP contribution in [0.4, 0.5) is 8.78 Å². The molecule has 0 aliphatic rings. The SMILES string of the molecule is CNCc1cn[nH]c1S(=O)(=O)NCCOCC(F)F. The number of halogens is 2. The van der Waals surface area contributed by atoms with Crippen LogP contribution in [-0.4, -0.2) is 51.8 Å². The van der Waals surface area contributed by atoms with Gasteiger partial charge in [-0.3, -0.25) is 5.10 Å². The van der Waals surface area contributed by atoms with Gasteiger partial charge >= 0.3 is 0 Å². The number of rotatable bonds is 9. The number of H-pyrrole nitrogens is 1. The highest BCUT2D eigenvalue weighted by molar-refractivity contribution is 7.89. The molecule has 0 fully saturated rings. The highest BCUT2D eigenvalue weighted by atomic mass is 32.2. The zero-order valence-electron chi connectivity index (χ0n) is 10.3. The smallest absolute Gasteiger partial charge is 0.261 e. The molecule has 0 saturated heterocycles. The molecular weight excluding hydrogens is 282 g/mol. The summed E-state index contributed by atoms with van der Waals surface area (Å²) in [5.41, 5.74) is 0.489. The van der Waals surface area contributed by atoms with Gasteiger partial charge < -0.3 is 10.1 Å². The van der Waals surface area contributed by atoms with E-state index in [1.54, 1.807) is 7.05 Å². The summed E-state index contributed by atoms with van der Waals surface area (Å²) in [7, 11) is -2.07. The quantitative estimate of drug-likeness (QED) is 0.543. The fourth-order valence-electron chi connectivity index (χ4n) is 1.34. The number of aromatic nitrogens is 2. The predicted octanol–water partition coefficient (Wildman–Crippen LogP) is -0.311. The number of hydrogen-bond donors (Lipinski definition) is 3. The maximum atomic E-state index is 11.9. The summed E-state index contributed by atoms with van der Waals surface area (Å²) in [5, 5.41) is 8.81. The van der Waals surface area contributed by atoms with E-state index in [-0.39, 0.29) is 18.2 Å².